The molecular weight excluding hydrogens is 282 g/mol. The van der Waals surface area contributed by atoms with Crippen LogP contribution in [-0.4, -0.2) is 17.5 Å². The van der Waals surface area contributed by atoms with E-state index in [-0.39, 0.29) is 11.8 Å². The van der Waals surface area contributed by atoms with Crippen LogP contribution in [-0.2, 0) is 4.79 Å². The lowest BCUT2D eigenvalue weighted by Crippen LogP contribution is -2.19. The van der Waals surface area contributed by atoms with Crippen molar-refractivity contribution in [2.75, 3.05) is 5.32 Å². The summed E-state index contributed by atoms with van der Waals surface area (Å²) in [7, 11) is 0. The number of carbonyl (C=O) groups excluding carboxylic acids is 2. The van der Waals surface area contributed by atoms with Crippen molar-refractivity contribution >= 4 is 23.2 Å². The summed E-state index contributed by atoms with van der Waals surface area (Å²) < 4.78 is 5.08. The first kappa shape index (κ1) is 15.5. The SMILES string of the molecule is CC(=O)Nc1cccc(/C(C)=N\NC(=O)c2ccoc2C)c1. The largest absolute Gasteiger partial charge is 0.469 e. The monoisotopic (exact) mass is 299 g/mol. The topological polar surface area (TPSA) is 83.7 Å². The van der Waals surface area contributed by atoms with Gasteiger partial charge in [0.15, 0.2) is 0 Å². The van der Waals surface area contributed by atoms with Gasteiger partial charge in [0.05, 0.1) is 17.5 Å². The van der Waals surface area contributed by atoms with Crippen molar-refractivity contribution < 1.29 is 14.0 Å². The number of nitrogens with one attached hydrogen (secondary N) is 2. The zero-order valence-corrected chi connectivity index (χ0v) is 12.6. The minimum atomic E-state index is -0.330. The number of amides is 2. The van der Waals surface area contributed by atoms with Gasteiger partial charge in [-0.25, -0.2) is 5.43 Å². The highest BCUT2D eigenvalue weighted by Crippen LogP contribution is 2.12. The molecule has 0 bridgehead atoms. The number of nitrogens with zero attached hydrogens (tertiary/aromatic N) is 1. The number of rotatable bonds is 4. The smallest absolute Gasteiger partial charge is 0.274 e. The minimum absolute atomic E-state index is 0.143. The molecule has 1 heterocycles. The third-order valence-electron chi connectivity index (χ3n) is 3.03. The van der Waals surface area contributed by atoms with E-state index in [9.17, 15) is 9.59 Å². The van der Waals surface area contributed by atoms with Crippen molar-refractivity contribution in [1.29, 1.82) is 0 Å². The predicted molar refractivity (Wildman–Crippen MR) is 83.9 cm³/mol. The second-order valence-corrected chi connectivity index (χ2v) is 4.79. The Kier molecular flexibility index (Phi) is 4.73. The second-order valence-electron chi connectivity index (χ2n) is 4.79. The lowest BCUT2D eigenvalue weighted by atomic mass is 10.1. The number of anilines is 1. The van der Waals surface area contributed by atoms with Gasteiger partial charge in [-0.2, -0.15) is 5.10 Å². The molecule has 6 heteroatoms. The maximum atomic E-state index is 11.9. The van der Waals surface area contributed by atoms with Gasteiger partial charge in [0, 0.05) is 12.6 Å². The fourth-order valence-electron chi connectivity index (χ4n) is 1.91. The third kappa shape index (κ3) is 3.82. The van der Waals surface area contributed by atoms with E-state index in [1.165, 1.54) is 13.2 Å². The normalized spacial score (nSPS) is 11.1. The van der Waals surface area contributed by atoms with Gasteiger partial charge in [0.25, 0.3) is 5.91 Å². The fraction of sp³-hybridized carbons (Fsp3) is 0.188. The summed E-state index contributed by atoms with van der Waals surface area (Å²) in [6.45, 7) is 4.93. The maximum absolute atomic E-state index is 11.9. The maximum Gasteiger partial charge on any atom is 0.274 e. The predicted octanol–water partition coefficient (Wildman–Crippen LogP) is 2.70. The van der Waals surface area contributed by atoms with Crippen LogP contribution in [0.2, 0.25) is 0 Å². The first-order valence-corrected chi connectivity index (χ1v) is 6.74. The molecule has 0 aliphatic heterocycles. The van der Waals surface area contributed by atoms with Gasteiger partial charge >= 0.3 is 0 Å². The second kappa shape index (κ2) is 6.71. The molecule has 1 aromatic heterocycles. The number of hydrogen-bond acceptors (Lipinski definition) is 4. The van der Waals surface area contributed by atoms with Crippen molar-refractivity contribution in [2.24, 2.45) is 5.10 Å². The Morgan fingerprint density at radius 1 is 1.18 bits per heavy atom. The van der Waals surface area contributed by atoms with E-state index < -0.39 is 0 Å². The van der Waals surface area contributed by atoms with E-state index in [0.29, 0.717) is 22.7 Å². The Labute approximate surface area is 128 Å². The van der Waals surface area contributed by atoms with Crippen LogP contribution >= 0.6 is 0 Å². The Hall–Kier alpha value is -2.89. The fourth-order valence-corrected chi connectivity index (χ4v) is 1.91. The molecule has 2 amide bonds. The lowest BCUT2D eigenvalue weighted by Gasteiger charge is -2.06. The van der Waals surface area contributed by atoms with Gasteiger partial charge in [-0.15, -0.1) is 0 Å². The first-order chi connectivity index (χ1) is 10.5. The summed E-state index contributed by atoms with van der Waals surface area (Å²) in [5.41, 5.74) is 5.04. The standard InChI is InChI=1S/C16H17N3O3/c1-10(13-5-4-6-14(9-13)17-12(3)20)18-19-16(21)15-7-8-22-11(15)2/h4-9H,1-3H3,(H,17,20)(H,19,21)/b18-10-. The summed E-state index contributed by atoms with van der Waals surface area (Å²) in [5, 5.41) is 6.78. The van der Waals surface area contributed by atoms with Crippen molar-refractivity contribution in [3.63, 3.8) is 0 Å². The van der Waals surface area contributed by atoms with Crippen LogP contribution in [0.3, 0.4) is 0 Å². The molecule has 2 aromatic rings. The Morgan fingerprint density at radius 2 is 1.95 bits per heavy atom. The van der Waals surface area contributed by atoms with Crippen LogP contribution in [0.25, 0.3) is 0 Å². The summed E-state index contributed by atoms with van der Waals surface area (Å²) in [6, 6.07) is 8.81. The molecule has 114 valence electrons. The molecule has 0 atom stereocenters. The third-order valence-corrected chi connectivity index (χ3v) is 3.03. The quantitative estimate of drug-likeness (QED) is 0.672. The highest BCUT2D eigenvalue weighted by atomic mass is 16.3. The number of hydrogen-bond donors (Lipinski definition) is 2. The molecule has 1 aromatic carbocycles. The van der Waals surface area contributed by atoms with Gasteiger partial charge in [-0.1, -0.05) is 12.1 Å². The molecule has 0 radical (unpaired) electrons. The van der Waals surface area contributed by atoms with E-state index in [2.05, 4.69) is 15.8 Å². The Balaban J connectivity index is 2.10. The summed E-state index contributed by atoms with van der Waals surface area (Å²) in [6.07, 6.45) is 1.46. The average molecular weight is 299 g/mol. The van der Waals surface area contributed by atoms with Crippen LogP contribution in [0.15, 0.2) is 46.1 Å². The molecule has 0 aliphatic rings. The zero-order valence-electron chi connectivity index (χ0n) is 12.6. The molecule has 22 heavy (non-hydrogen) atoms. The van der Waals surface area contributed by atoms with E-state index in [1.54, 1.807) is 32.0 Å². The molecule has 0 saturated carbocycles. The van der Waals surface area contributed by atoms with Crippen LogP contribution in [0, 0.1) is 6.92 Å². The number of hydrazone groups is 1. The number of carbonyl (C=O) groups is 2. The lowest BCUT2D eigenvalue weighted by molar-refractivity contribution is -0.114. The van der Waals surface area contributed by atoms with Crippen molar-refractivity contribution in [3.8, 4) is 0 Å². The Morgan fingerprint density at radius 3 is 2.59 bits per heavy atom. The Bertz CT molecular complexity index is 732. The highest BCUT2D eigenvalue weighted by molar-refractivity contribution is 6.02. The molecule has 0 fully saturated rings. The van der Waals surface area contributed by atoms with E-state index in [4.69, 9.17) is 4.42 Å². The molecule has 0 spiro atoms. The van der Waals surface area contributed by atoms with E-state index in [0.717, 1.165) is 5.56 Å². The average Bonchev–Trinajstić information content (AvgIpc) is 2.90. The van der Waals surface area contributed by atoms with E-state index >= 15 is 0 Å². The highest BCUT2D eigenvalue weighted by Gasteiger charge is 2.10. The number of aryl methyl sites for hydroxylation is 1. The number of furan rings is 1. The van der Waals surface area contributed by atoms with E-state index in [1.807, 2.05) is 12.1 Å². The zero-order chi connectivity index (χ0) is 16.1. The van der Waals surface area contributed by atoms with Gasteiger partial charge in [0.2, 0.25) is 5.91 Å². The van der Waals surface area contributed by atoms with Crippen LogP contribution in [0.5, 0.6) is 0 Å². The molecule has 0 saturated heterocycles. The molecule has 2 N–H and O–H groups in total. The molecule has 6 nitrogen and oxygen atoms in total. The van der Waals surface area contributed by atoms with Crippen molar-refractivity contribution in [2.45, 2.75) is 20.8 Å². The molecular formula is C16H17N3O3. The molecule has 2 rings (SSSR count). The first-order valence-electron chi connectivity index (χ1n) is 6.74. The van der Waals surface area contributed by atoms with Crippen molar-refractivity contribution in [3.05, 3.63) is 53.5 Å². The minimum Gasteiger partial charge on any atom is -0.469 e. The van der Waals surface area contributed by atoms with Gasteiger partial charge < -0.3 is 9.73 Å². The van der Waals surface area contributed by atoms with Crippen LogP contribution in [0.4, 0.5) is 5.69 Å². The molecule has 0 unspecified atom stereocenters. The van der Waals surface area contributed by atoms with Crippen LogP contribution < -0.4 is 10.7 Å². The van der Waals surface area contributed by atoms with Crippen molar-refractivity contribution in [1.82, 2.24) is 5.43 Å². The number of benzene rings is 1. The summed E-state index contributed by atoms with van der Waals surface area (Å²) >= 11 is 0. The summed E-state index contributed by atoms with van der Waals surface area (Å²) in [5.74, 6) is 0.0668. The molecule has 0 aliphatic carbocycles. The van der Waals surface area contributed by atoms with Crippen LogP contribution in [0.1, 0.15) is 35.5 Å². The summed E-state index contributed by atoms with van der Waals surface area (Å²) in [4.78, 5) is 23.0. The van der Waals surface area contributed by atoms with Gasteiger partial charge in [-0.3, -0.25) is 9.59 Å². The van der Waals surface area contributed by atoms with Gasteiger partial charge in [-0.05, 0) is 37.6 Å². The van der Waals surface area contributed by atoms with Gasteiger partial charge in [0.1, 0.15) is 5.76 Å².